The molecule has 4 rings (SSSR count). The number of aryl methyl sites for hydroxylation is 1. The Balaban J connectivity index is 1.52. The molecular formula is C25H27FN4O4S. The number of benzene rings is 1. The van der Waals surface area contributed by atoms with Gasteiger partial charge in [-0.1, -0.05) is 11.3 Å². The third kappa shape index (κ3) is 5.07. The summed E-state index contributed by atoms with van der Waals surface area (Å²) in [6.07, 6.45) is 1.67. The fourth-order valence-electron chi connectivity index (χ4n) is 3.85. The lowest BCUT2D eigenvalue weighted by Crippen LogP contribution is -2.12. The lowest BCUT2D eigenvalue weighted by Gasteiger charge is -2.12. The van der Waals surface area contributed by atoms with Crippen molar-refractivity contribution in [3.63, 3.8) is 0 Å². The van der Waals surface area contributed by atoms with E-state index in [1.165, 1.54) is 17.4 Å². The number of pyridine rings is 1. The van der Waals surface area contributed by atoms with Gasteiger partial charge in [-0.05, 0) is 51.1 Å². The molecule has 3 aromatic heterocycles. The Labute approximate surface area is 206 Å². The summed E-state index contributed by atoms with van der Waals surface area (Å²) < 4.78 is 32.6. The van der Waals surface area contributed by atoms with Crippen LogP contribution in [0.2, 0.25) is 0 Å². The molecule has 0 spiro atoms. The van der Waals surface area contributed by atoms with Crippen molar-refractivity contribution in [3.05, 3.63) is 53.7 Å². The minimum absolute atomic E-state index is 0.154. The second-order valence-corrected chi connectivity index (χ2v) is 8.58. The van der Waals surface area contributed by atoms with Gasteiger partial charge >= 0.3 is 5.97 Å². The smallest absolute Gasteiger partial charge is 0.361 e. The SMILES string of the molecule is CCOC(=O)c1nc(-c2cc(NCCn3c(C)cc4c(OC)ccc(F)c43)ccn2)sc1OCC. The molecule has 0 fully saturated rings. The van der Waals surface area contributed by atoms with Gasteiger partial charge in [0.15, 0.2) is 0 Å². The molecule has 0 unspecified atom stereocenters. The van der Waals surface area contributed by atoms with Crippen LogP contribution in [-0.2, 0) is 11.3 Å². The van der Waals surface area contributed by atoms with Crippen molar-refractivity contribution in [1.82, 2.24) is 14.5 Å². The number of carbonyl (C=O) groups excluding carboxylic acids is 1. The molecule has 8 nitrogen and oxygen atoms in total. The van der Waals surface area contributed by atoms with Crippen molar-refractivity contribution in [2.75, 3.05) is 32.2 Å². The quantitative estimate of drug-likeness (QED) is 0.297. The zero-order valence-corrected chi connectivity index (χ0v) is 20.9. The molecule has 0 saturated heterocycles. The van der Waals surface area contributed by atoms with Crippen LogP contribution in [0.5, 0.6) is 10.8 Å². The number of esters is 1. The maximum atomic E-state index is 14.6. The average molecular weight is 499 g/mol. The molecule has 0 aliphatic heterocycles. The lowest BCUT2D eigenvalue weighted by atomic mass is 10.2. The van der Waals surface area contributed by atoms with Gasteiger partial charge in [-0.2, -0.15) is 0 Å². The molecule has 4 aromatic rings. The largest absolute Gasteiger partial charge is 0.496 e. The maximum Gasteiger partial charge on any atom is 0.361 e. The Morgan fingerprint density at radius 1 is 1.20 bits per heavy atom. The summed E-state index contributed by atoms with van der Waals surface area (Å²) in [5.74, 6) is -0.163. The number of anilines is 1. The van der Waals surface area contributed by atoms with Crippen LogP contribution in [0.15, 0.2) is 36.5 Å². The van der Waals surface area contributed by atoms with Gasteiger partial charge in [0.25, 0.3) is 0 Å². The van der Waals surface area contributed by atoms with E-state index in [4.69, 9.17) is 14.2 Å². The Kier molecular flexibility index (Phi) is 7.50. The van der Waals surface area contributed by atoms with E-state index in [9.17, 15) is 9.18 Å². The van der Waals surface area contributed by atoms with Gasteiger partial charge < -0.3 is 24.1 Å². The second kappa shape index (κ2) is 10.7. The fraction of sp³-hybridized carbons (Fsp3) is 0.320. The summed E-state index contributed by atoms with van der Waals surface area (Å²) in [4.78, 5) is 21.1. The summed E-state index contributed by atoms with van der Waals surface area (Å²) in [7, 11) is 1.58. The third-order valence-corrected chi connectivity index (χ3v) is 6.37. The van der Waals surface area contributed by atoms with Gasteiger partial charge in [-0.15, -0.1) is 0 Å². The molecule has 35 heavy (non-hydrogen) atoms. The number of methoxy groups -OCH3 is 1. The molecule has 184 valence electrons. The molecule has 0 amide bonds. The highest BCUT2D eigenvalue weighted by atomic mass is 32.1. The Morgan fingerprint density at radius 2 is 2.03 bits per heavy atom. The molecule has 0 bridgehead atoms. The summed E-state index contributed by atoms with van der Waals surface area (Å²) in [6, 6.07) is 8.70. The van der Waals surface area contributed by atoms with Gasteiger partial charge in [0.05, 0.1) is 25.8 Å². The van der Waals surface area contributed by atoms with E-state index < -0.39 is 5.97 Å². The monoisotopic (exact) mass is 498 g/mol. The first-order valence-corrected chi connectivity index (χ1v) is 12.1. The van der Waals surface area contributed by atoms with Gasteiger partial charge in [0, 0.05) is 36.1 Å². The van der Waals surface area contributed by atoms with Crippen LogP contribution in [0.4, 0.5) is 10.1 Å². The van der Waals surface area contributed by atoms with Crippen molar-refractivity contribution in [1.29, 1.82) is 0 Å². The molecule has 1 N–H and O–H groups in total. The number of thiazole rings is 1. The van der Waals surface area contributed by atoms with E-state index in [2.05, 4.69) is 15.3 Å². The van der Waals surface area contributed by atoms with Gasteiger partial charge in [0.1, 0.15) is 22.3 Å². The first-order chi connectivity index (χ1) is 17.0. The van der Waals surface area contributed by atoms with E-state index in [-0.39, 0.29) is 18.1 Å². The van der Waals surface area contributed by atoms with Crippen LogP contribution in [0.3, 0.4) is 0 Å². The minimum atomic E-state index is -0.522. The highest BCUT2D eigenvalue weighted by Crippen LogP contribution is 2.35. The normalized spacial score (nSPS) is 11.0. The number of rotatable bonds is 10. The number of nitrogens with zero attached hydrogens (tertiary/aromatic N) is 3. The van der Waals surface area contributed by atoms with E-state index in [1.807, 2.05) is 36.6 Å². The van der Waals surface area contributed by atoms with Crippen LogP contribution in [0, 0.1) is 12.7 Å². The molecule has 0 aliphatic carbocycles. The van der Waals surface area contributed by atoms with Crippen molar-refractivity contribution in [3.8, 4) is 21.5 Å². The number of fused-ring (bicyclic) bond motifs is 1. The van der Waals surface area contributed by atoms with E-state index in [1.54, 1.807) is 26.3 Å². The minimum Gasteiger partial charge on any atom is -0.496 e. The summed E-state index contributed by atoms with van der Waals surface area (Å²) in [5, 5.41) is 5.08. The number of halogens is 1. The average Bonchev–Trinajstić information content (AvgIpc) is 3.42. The van der Waals surface area contributed by atoms with Crippen LogP contribution in [-0.4, -0.2) is 47.4 Å². The predicted octanol–water partition coefficient (Wildman–Crippen LogP) is 5.30. The summed E-state index contributed by atoms with van der Waals surface area (Å²) >= 11 is 1.25. The van der Waals surface area contributed by atoms with Crippen LogP contribution in [0.1, 0.15) is 30.0 Å². The Morgan fingerprint density at radius 3 is 2.77 bits per heavy atom. The maximum absolute atomic E-state index is 14.6. The van der Waals surface area contributed by atoms with Gasteiger partial charge in [-0.25, -0.2) is 14.2 Å². The first kappa shape index (κ1) is 24.5. The zero-order chi connectivity index (χ0) is 24.9. The number of nitrogens with one attached hydrogen (secondary N) is 1. The molecule has 3 heterocycles. The van der Waals surface area contributed by atoms with Crippen molar-refractivity contribution < 1.29 is 23.4 Å². The lowest BCUT2D eigenvalue weighted by molar-refractivity contribution is 0.0516. The molecule has 0 saturated carbocycles. The Hall–Kier alpha value is -3.66. The highest BCUT2D eigenvalue weighted by Gasteiger charge is 2.22. The van der Waals surface area contributed by atoms with Crippen molar-refractivity contribution in [2.45, 2.75) is 27.3 Å². The highest BCUT2D eigenvalue weighted by molar-refractivity contribution is 7.17. The number of ether oxygens (including phenoxy) is 3. The molecular weight excluding hydrogens is 471 g/mol. The standard InChI is InChI=1S/C25H27FN4O4S/c1-5-33-24(31)21-25(34-6-2)35-23(29-21)19-14-16(9-10-28-19)27-11-12-30-15(3)13-17-20(32-4)8-7-18(26)22(17)30/h7-10,13-14H,5-6,11-12H2,1-4H3,(H,27,28). The molecule has 0 radical (unpaired) electrons. The van der Waals surface area contributed by atoms with Crippen molar-refractivity contribution >= 4 is 33.9 Å². The van der Waals surface area contributed by atoms with E-state index in [0.717, 1.165) is 16.8 Å². The van der Waals surface area contributed by atoms with E-state index >= 15 is 0 Å². The fourth-order valence-corrected chi connectivity index (χ4v) is 4.78. The van der Waals surface area contributed by atoms with E-state index in [0.29, 0.717) is 46.7 Å². The van der Waals surface area contributed by atoms with Crippen molar-refractivity contribution in [2.24, 2.45) is 0 Å². The molecule has 0 atom stereocenters. The summed E-state index contributed by atoms with van der Waals surface area (Å²) in [5.41, 5.74) is 3.05. The Bertz CT molecular complexity index is 1350. The number of carbonyl (C=O) groups is 1. The van der Waals surface area contributed by atoms with Crippen LogP contribution in [0.25, 0.3) is 21.6 Å². The molecule has 0 aliphatic rings. The van der Waals surface area contributed by atoms with Crippen LogP contribution >= 0.6 is 11.3 Å². The third-order valence-electron chi connectivity index (χ3n) is 5.38. The molecule has 10 heteroatoms. The zero-order valence-electron chi connectivity index (χ0n) is 20.1. The number of hydrogen-bond donors (Lipinski definition) is 1. The number of hydrogen-bond acceptors (Lipinski definition) is 8. The number of aromatic nitrogens is 3. The topological polar surface area (TPSA) is 87.5 Å². The van der Waals surface area contributed by atoms with Gasteiger partial charge in [0.2, 0.25) is 10.8 Å². The molecule has 1 aromatic carbocycles. The first-order valence-electron chi connectivity index (χ1n) is 11.3. The summed E-state index contributed by atoms with van der Waals surface area (Å²) in [6.45, 7) is 7.30. The predicted molar refractivity (Wildman–Crippen MR) is 134 cm³/mol. The second-order valence-electron chi connectivity index (χ2n) is 7.61. The van der Waals surface area contributed by atoms with Crippen LogP contribution < -0.4 is 14.8 Å². The van der Waals surface area contributed by atoms with Gasteiger partial charge in [-0.3, -0.25) is 4.98 Å².